The molecule has 6 rings (SSSR count). The second kappa shape index (κ2) is 9.10. The Hall–Kier alpha value is -3.97. The highest BCUT2D eigenvalue weighted by Crippen LogP contribution is 2.43. The Bertz CT molecular complexity index is 1580. The number of likely N-dealkylation sites (tertiary alicyclic amines) is 1. The molecule has 2 aliphatic heterocycles. The number of amides is 1. The smallest absolute Gasteiger partial charge is 0.209 e. The van der Waals surface area contributed by atoms with E-state index in [4.69, 9.17) is 10.1 Å². The summed E-state index contributed by atoms with van der Waals surface area (Å²) in [5.41, 5.74) is 6.55. The molecule has 0 unspecified atom stereocenters. The molecule has 0 aliphatic carbocycles. The van der Waals surface area contributed by atoms with Gasteiger partial charge in [-0.25, -0.2) is 13.9 Å². The molecule has 2 saturated heterocycles. The van der Waals surface area contributed by atoms with Crippen molar-refractivity contribution in [3.63, 3.8) is 0 Å². The summed E-state index contributed by atoms with van der Waals surface area (Å²) in [4.78, 5) is 22.7. The molecule has 2 fully saturated rings. The molecule has 2 aliphatic rings. The minimum atomic E-state index is -0.327. The first kappa shape index (κ1) is 24.4. The van der Waals surface area contributed by atoms with E-state index in [9.17, 15) is 14.4 Å². The van der Waals surface area contributed by atoms with E-state index in [0.29, 0.717) is 21.3 Å². The van der Waals surface area contributed by atoms with Crippen LogP contribution in [0.15, 0.2) is 36.4 Å². The maximum absolute atomic E-state index is 13.5. The molecule has 1 spiro atoms. The van der Waals surface area contributed by atoms with E-state index in [1.807, 2.05) is 21.4 Å². The molecule has 0 atom stereocenters. The van der Waals surface area contributed by atoms with E-state index in [0.717, 1.165) is 73.7 Å². The molecule has 38 heavy (non-hydrogen) atoms. The SMILES string of the molecule is CCc1nn2c(C)cc(N3CCC4(CN(C=O)C4)C3)cc2c1N(C)c1nc(-c2ccc(F)cc2)c(C#N)s1. The number of hydrogen-bond donors (Lipinski definition) is 0. The Balaban J connectivity index is 1.39. The van der Waals surface area contributed by atoms with E-state index in [1.54, 1.807) is 12.1 Å². The molecule has 4 aromatic rings. The van der Waals surface area contributed by atoms with Crippen molar-refractivity contribution in [2.24, 2.45) is 5.41 Å². The van der Waals surface area contributed by atoms with Gasteiger partial charge in [0.05, 0.1) is 16.9 Å². The van der Waals surface area contributed by atoms with Gasteiger partial charge in [0.1, 0.15) is 22.5 Å². The average molecular weight is 530 g/mol. The van der Waals surface area contributed by atoms with Crippen LogP contribution >= 0.6 is 11.3 Å². The Morgan fingerprint density at radius 2 is 2.00 bits per heavy atom. The Kier molecular flexibility index (Phi) is 5.83. The fourth-order valence-electron chi connectivity index (χ4n) is 5.84. The van der Waals surface area contributed by atoms with E-state index in [1.165, 1.54) is 23.5 Å². The summed E-state index contributed by atoms with van der Waals surface area (Å²) >= 11 is 1.32. The first-order chi connectivity index (χ1) is 18.3. The van der Waals surface area contributed by atoms with Crippen LogP contribution in [0, 0.1) is 29.5 Å². The summed E-state index contributed by atoms with van der Waals surface area (Å²) in [6.07, 6.45) is 2.77. The van der Waals surface area contributed by atoms with Gasteiger partial charge in [-0.05, 0) is 56.2 Å². The number of benzene rings is 1. The van der Waals surface area contributed by atoms with Crippen molar-refractivity contribution < 1.29 is 9.18 Å². The number of rotatable bonds is 6. The van der Waals surface area contributed by atoms with Crippen molar-refractivity contribution in [3.8, 4) is 17.3 Å². The van der Waals surface area contributed by atoms with Gasteiger partial charge in [0, 0.05) is 55.6 Å². The molecular weight excluding hydrogens is 501 g/mol. The first-order valence-electron chi connectivity index (χ1n) is 12.7. The minimum absolute atomic E-state index is 0.195. The van der Waals surface area contributed by atoms with Crippen LogP contribution in [0.3, 0.4) is 0 Å². The normalized spacial score (nSPS) is 16.2. The topological polar surface area (TPSA) is 80.8 Å². The van der Waals surface area contributed by atoms with Crippen LogP contribution in [0.1, 0.15) is 29.6 Å². The van der Waals surface area contributed by atoms with Crippen LogP contribution in [0.4, 0.5) is 20.9 Å². The molecule has 0 N–H and O–H groups in total. The van der Waals surface area contributed by atoms with E-state index in [-0.39, 0.29) is 11.2 Å². The molecule has 3 aromatic heterocycles. The standard InChI is InChI=1S/C28H28FN7OS/c1-4-22-26(33(3)27-31-25(24(13-30)38-27)19-5-7-20(29)8-6-19)23-12-21(11-18(2)36(23)32-22)35-10-9-28(16-35)14-34(15-28)17-37/h5-8,11-12,17H,4,9-10,14-16H2,1-3H3. The number of carbonyl (C=O) groups excluding carboxylic acids is 1. The third-order valence-electron chi connectivity index (χ3n) is 7.76. The zero-order chi connectivity index (χ0) is 26.6. The third kappa shape index (κ3) is 3.89. The number of anilines is 3. The second-order valence-corrected chi connectivity index (χ2v) is 11.3. The molecule has 8 nitrogen and oxygen atoms in total. The van der Waals surface area contributed by atoms with Gasteiger partial charge in [0.15, 0.2) is 5.13 Å². The quantitative estimate of drug-likeness (QED) is 0.335. The first-order valence-corrected chi connectivity index (χ1v) is 13.5. The molecule has 194 valence electrons. The van der Waals surface area contributed by atoms with Gasteiger partial charge in [-0.2, -0.15) is 10.4 Å². The van der Waals surface area contributed by atoms with Gasteiger partial charge in [-0.1, -0.05) is 18.3 Å². The number of halogens is 1. The maximum Gasteiger partial charge on any atom is 0.209 e. The van der Waals surface area contributed by atoms with Crippen LogP contribution in [0.25, 0.3) is 16.8 Å². The third-order valence-corrected chi connectivity index (χ3v) is 8.80. The Morgan fingerprint density at radius 1 is 1.24 bits per heavy atom. The molecule has 1 amide bonds. The summed E-state index contributed by atoms with van der Waals surface area (Å²) in [6.45, 7) is 7.71. The molecule has 0 saturated carbocycles. The van der Waals surface area contributed by atoms with Crippen molar-refractivity contribution in [1.82, 2.24) is 19.5 Å². The summed E-state index contributed by atoms with van der Waals surface area (Å²) in [5.74, 6) is -0.327. The number of thiazole rings is 1. The summed E-state index contributed by atoms with van der Waals surface area (Å²) in [5, 5.41) is 15.4. The van der Waals surface area contributed by atoms with Crippen molar-refractivity contribution in [1.29, 1.82) is 5.26 Å². The predicted molar refractivity (Wildman–Crippen MR) is 146 cm³/mol. The van der Waals surface area contributed by atoms with Gasteiger partial charge < -0.3 is 14.7 Å². The number of fused-ring (bicyclic) bond motifs is 1. The highest BCUT2D eigenvalue weighted by atomic mass is 32.1. The van der Waals surface area contributed by atoms with Crippen molar-refractivity contribution in [2.45, 2.75) is 26.7 Å². The number of aromatic nitrogens is 3. The second-order valence-electron chi connectivity index (χ2n) is 10.3. The molecule has 1 aromatic carbocycles. The van der Waals surface area contributed by atoms with E-state index < -0.39 is 0 Å². The number of nitrogens with zero attached hydrogens (tertiary/aromatic N) is 7. The number of hydrogen-bond acceptors (Lipinski definition) is 7. The van der Waals surface area contributed by atoms with Crippen LogP contribution in [-0.4, -0.2) is 59.1 Å². The molecule has 0 radical (unpaired) electrons. The van der Waals surface area contributed by atoms with Gasteiger partial charge in [-0.3, -0.25) is 4.79 Å². The lowest BCUT2D eigenvalue weighted by atomic mass is 9.79. The Morgan fingerprint density at radius 3 is 2.68 bits per heavy atom. The maximum atomic E-state index is 13.5. The number of carbonyl (C=O) groups is 1. The minimum Gasteiger partial charge on any atom is -0.371 e. The van der Waals surface area contributed by atoms with E-state index >= 15 is 0 Å². The van der Waals surface area contributed by atoms with Crippen molar-refractivity contribution >= 4 is 39.8 Å². The fourth-order valence-corrected chi connectivity index (χ4v) is 6.70. The van der Waals surface area contributed by atoms with Gasteiger partial charge >= 0.3 is 0 Å². The molecule has 0 bridgehead atoms. The van der Waals surface area contributed by atoms with Gasteiger partial charge in [-0.15, -0.1) is 0 Å². The summed E-state index contributed by atoms with van der Waals surface area (Å²) in [6, 6.07) is 12.7. The number of aryl methyl sites for hydroxylation is 2. The van der Waals surface area contributed by atoms with E-state index in [2.05, 4.69) is 36.9 Å². The lowest BCUT2D eigenvalue weighted by molar-refractivity contribution is -0.128. The highest BCUT2D eigenvalue weighted by molar-refractivity contribution is 7.16. The largest absolute Gasteiger partial charge is 0.371 e. The van der Waals surface area contributed by atoms with Crippen molar-refractivity contribution in [2.75, 3.05) is 43.0 Å². The van der Waals surface area contributed by atoms with Crippen LogP contribution in [-0.2, 0) is 11.2 Å². The average Bonchev–Trinajstić information content (AvgIpc) is 3.63. The van der Waals surface area contributed by atoms with Crippen molar-refractivity contribution in [3.05, 3.63) is 58.5 Å². The van der Waals surface area contributed by atoms with Crippen LogP contribution in [0.2, 0.25) is 0 Å². The molecule has 10 heteroatoms. The summed E-state index contributed by atoms with van der Waals surface area (Å²) < 4.78 is 15.5. The monoisotopic (exact) mass is 529 g/mol. The lowest BCUT2D eigenvalue weighted by Crippen LogP contribution is -2.56. The van der Waals surface area contributed by atoms with Gasteiger partial charge in [0.25, 0.3) is 0 Å². The van der Waals surface area contributed by atoms with Crippen LogP contribution < -0.4 is 9.80 Å². The lowest BCUT2D eigenvalue weighted by Gasteiger charge is -2.46. The number of nitriles is 1. The molecule has 5 heterocycles. The highest BCUT2D eigenvalue weighted by Gasteiger charge is 2.47. The van der Waals surface area contributed by atoms with Crippen LogP contribution in [0.5, 0.6) is 0 Å². The summed E-state index contributed by atoms with van der Waals surface area (Å²) in [7, 11) is 1.96. The number of pyridine rings is 1. The zero-order valence-electron chi connectivity index (χ0n) is 21.6. The zero-order valence-corrected chi connectivity index (χ0v) is 22.4. The fraction of sp³-hybridized carbons (Fsp3) is 0.357. The molecular formula is C28H28FN7OS. The van der Waals surface area contributed by atoms with Gasteiger partial charge in [0.2, 0.25) is 6.41 Å². The Labute approximate surface area is 224 Å². The predicted octanol–water partition coefficient (Wildman–Crippen LogP) is 4.78.